The summed E-state index contributed by atoms with van der Waals surface area (Å²) in [5, 5.41) is 19.2. The van der Waals surface area contributed by atoms with Crippen molar-refractivity contribution in [1.29, 1.82) is 0 Å². The van der Waals surface area contributed by atoms with E-state index < -0.39 is 23.8 Å². The maximum Gasteiger partial charge on any atom is 0.334 e. The van der Waals surface area contributed by atoms with E-state index in [1.54, 1.807) is 32.0 Å². The number of carboxylic acid groups (broad SMARTS) is 2. The van der Waals surface area contributed by atoms with E-state index in [1.165, 1.54) is 0 Å². The van der Waals surface area contributed by atoms with Crippen LogP contribution >= 0.6 is 0 Å². The third-order valence-electron chi connectivity index (χ3n) is 4.09. The predicted molar refractivity (Wildman–Crippen MR) is 79.9 cm³/mol. The highest BCUT2D eigenvalue weighted by Crippen LogP contribution is 2.47. The Hall–Kier alpha value is -2.83. The van der Waals surface area contributed by atoms with Crippen molar-refractivity contribution >= 4 is 17.7 Å². The van der Waals surface area contributed by atoms with Gasteiger partial charge in [0.05, 0.1) is 5.57 Å². The molecule has 2 aliphatic rings. The molecule has 3 rings (SSSR count). The van der Waals surface area contributed by atoms with Crippen molar-refractivity contribution in [1.82, 2.24) is 0 Å². The standard InChI is InChI=1S/C16H15NO6/c1-7-11(15(18)19)13(12(16(20)21)8(2)17-7)9-4-3-5-10-14(9)23-6-22-10/h3-5,11,13H,6H2,1-2H3,(H,18,19)(H,20,21). The SMILES string of the molecule is CC1=NC(C)=C(C(=O)O)C(c2cccc3c2OCO3)C1C(=O)O. The van der Waals surface area contributed by atoms with Crippen LogP contribution in [0, 0.1) is 5.92 Å². The molecule has 0 saturated carbocycles. The van der Waals surface area contributed by atoms with Crippen LogP contribution < -0.4 is 9.47 Å². The van der Waals surface area contributed by atoms with Gasteiger partial charge in [0.25, 0.3) is 0 Å². The lowest BCUT2D eigenvalue weighted by atomic mass is 9.75. The van der Waals surface area contributed by atoms with Gasteiger partial charge in [-0.1, -0.05) is 12.1 Å². The van der Waals surface area contributed by atoms with Crippen molar-refractivity contribution in [3.63, 3.8) is 0 Å². The summed E-state index contributed by atoms with van der Waals surface area (Å²) in [4.78, 5) is 27.6. The van der Waals surface area contributed by atoms with Crippen molar-refractivity contribution in [2.24, 2.45) is 10.9 Å². The number of hydrogen-bond acceptors (Lipinski definition) is 5. The van der Waals surface area contributed by atoms with E-state index in [9.17, 15) is 19.8 Å². The first-order chi connectivity index (χ1) is 10.9. The van der Waals surface area contributed by atoms with E-state index >= 15 is 0 Å². The molecule has 0 fully saturated rings. The Morgan fingerprint density at radius 1 is 1.22 bits per heavy atom. The lowest BCUT2D eigenvalue weighted by molar-refractivity contribution is -0.140. The summed E-state index contributed by atoms with van der Waals surface area (Å²) in [5.74, 6) is -3.40. The van der Waals surface area contributed by atoms with Crippen LogP contribution in [0.3, 0.4) is 0 Å². The Kier molecular flexibility index (Phi) is 3.55. The van der Waals surface area contributed by atoms with Gasteiger partial charge in [0.1, 0.15) is 5.92 Å². The van der Waals surface area contributed by atoms with Gasteiger partial charge >= 0.3 is 11.9 Å². The number of allylic oxidation sites excluding steroid dienone is 1. The van der Waals surface area contributed by atoms with Gasteiger partial charge in [-0.05, 0) is 19.9 Å². The first-order valence-corrected chi connectivity index (χ1v) is 7.02. The molecule has 0 amide bonds. The van der Waals surface area contributed by atoms with Gasteiger partial charge in [0.2, 0.25) is 6.79 Å². The molecule has 0 aliphatic carbocycles. The minimum absolute atomic E-state index is 0.0228. The summed E-state index contributed by atoms with van der Waals surface area (Å²) in [5.41, 5.74) is 1.11. The molecule has 120 valence electrons. The molecule has 2 unspecified atom stereocenters. The molecule has 7 nitrogen and oxygen atoms in total. The Bertz CT molecular complexity index is 764. The summed E-state index contributed by atoms with van der Waals surface area (Å²) >= 11 is 0. The van der Waals surface area contributed by atoms with Crippen molar-refractivity contribution < 1.29 is 29.3 Å². The highest BCUT2D eigenvalue weighted by atomic mass is 16.7. The number of nitrogens with zero attached hydrogens (tertiary/aromatic N) is 1. The van der Waals surface area contributed by atoms with Crippen LogP contribution in [0.2, 0.25) is 0 Å². The quantitative estimate of drug-likeness (QED) is 0.883. The Morgan fingerprint density at radius 3 is 2.61 bits per heavy atom. The lowest BCUT2D eigenvalue weighted by Gasteiger charge is -2.30. The molecule has 1 aromatic rings. The monoisotopic (exact) mass is 317 g/mol. The summed E-state index contributed by atoms with van der Waals surface area (Å²) in [7, 11) is 0. The second-order valence-electron chi connectivity index (χ2n) is 5.43. The van der Waals surface area contributed by atoms with Gasteiger partial charge in [0, 0.05) is 22.9 Å². The number of carboxylic acids is 2. The van der Waals surface area contributed by atoms with Gasteiger partial charge in [-0.15, -0.1) is 0 Å². The zero-order valence-electron chi connectivity index (χ0n) is 12.6. The molecule has 0 spiro atoms. The number of aliphatic imine (C=N–C) groups is 1. The summed E-state index contributed by atoms with van der Waals surface area (Å²) in [6.45, 7) is 3.18. The highest BCUT2D eigenvalue weighted by molar-refractivity contribution is 6.06. The van der Waals surface area contributed by atoms with Crippen LogP contribution in [0.5, 0.6) is 11.5 Å². The summed E-state index contributed by atoms with van der Waals surface area (Å²) in [6.07, 6.45) is 0. The fourth-order valence-corrected chi connectivity index (χ4v) is 3.17. The summed E-state index contributed by atoms with van der Waals surface area (Å²) < 4.78 is 10.8. The number of fused-ring (bicyclic) bond motifs is 1. The second kappa shape index (κ2) is 5.42. The normalized spacial score (nSPS) is 22.8. The van der Waals surface area contributed by atoms with Gasteiger partial charge in [-0.25, -0.2) is 4.79 Å². The van der Waals surface area contributed by atoms with Crippen molar-refractivity contribution in [2.75, 3.05) is 6.79 Å². The molecule has 7 heteroatoms. The van der Waals surface area contributed by atoms with Crippen molar-refractivity contribution in [3.05, 3.63) is 35.0 Å². The predicted octanol–water partition coefficient (Wildman–Crippen LogP) is 2.03. The number of aliphatic carboxylic acids is 2. The molecule has 0 bridgehead atoms. The van der Waals surface area contributed by atoms with Crippen LogP contribution in [-0.2, 0) is 9.59 Å². The van der Waals surface area contributed by atoms with Gasteiger partial charge in [0.15, 0.2) is 11.5 Å². The number of hydrogen-bond donors (Lipinski definition) is 2. The van der Waals surface area contributed by atoms with Gasteiger partial charge < -0.3 is 19.7 Å². The van der Waals surface area contributed by atoms with E-state index in [4.69, 9.17) is 9.47 Å². The van der Waals surface area contributed by atoms with Gasteiger partial charge in [-0.2, -0.15) is 0 Å². The molecule has 1 aromatic carbocycles. The van der Waals surface area contributed by atoms with Crippen molar-refractivity contribution in [2.45, 2.75) is 19.8 Å². The largest absolute Gasteiger partial charge is 0.481 e. The van der Waals surface area contributed by atoms with E-state index in [1.807, 2.05) is 0 Å². The summed E-state index contributed by atoms with van der Waals surface area (Å²) in [6, 6.07) is 5.06. The molecule has 0 aromatic heterocycles. The average molecular weight is 317 g/mol. The number of para-hydroxylation sites is 1. The molecule has 23 heavy (non-hydrogen) atoms. The Morgan fingerprint density at radius 2 is 1.96 bits per heavy atom. The number of ether oxygens (including phenoxy) is 2. The van der Waals surface area contributed by atoms with E-state index in [0.717, 1.165) is 0 Å². The molecule has 2 aliphatic heterocycles. The van der Waals surface area contributed by atoms with Crippen LogP contribution in [0.25, 0.3) is 0 Å². The van der Waals surface area contributed by atoms with Crippen LogP contribution in [-0.4, -0.2) is 34.7 Å². The maximum absolute atomic E-state index is 11.8. The Labute approximate surface area is 131 Å². The van der Waals surface area contributed by atoms with E-state index in [0.29, 0.717) is 28.5 Å². The Balaban J connectivity index is 2.24. The molecule has 0 radical (unpaired) electrons. The van der Waals surface area contributed by atoms with Crippen LogP contribution in [0.15, 0.2) is 34.5 Å². The van der Waals surface area contributed by atoms with Gasteiger partial charge in [-0.3, -0.25) is 9.79 Å². The lowest BCUT2D eigenvalue weighted by Crippen LogP contribution is -2.35. The third kappa shape index (κ3) is 2.34. The maximum atomic E-state index is 11.8. The van der Waals surface area contributed by atoms with Crippen molar-refractivity contribution in [3.8, 4) is 11.5 Å². The van der Waals surface area contributed by atoms with E-state index in [-0.39, 0.29) is 12.4 Å². The minimum Gasteiger partial charge on any atom is -0.481 e. The molecule has 2 N–H and O–H groups in total. The fraction of sp³-hybridized carbons (Fsp3) is 0.312. The number of rotatable bonds is 3. The minimum atomic E-state index is -1.19. The smallest absolute Gasteiger partial charge is 0.334 e. The number of carbonyl (C=O) groups is 2. The molecular formula is C16H15NO6. The van der Waals surface area contributed by atoms with Crippen LogP contribution in [0.4, 0.5) is 0 Å². The number of benzene rings is 1. The fourth-order valence-electron chi connectivity index (χ4n) is 3.17. The second-order valence-corrected chi connectivity index (χ2v) is 5.43. The van der Waals surface area contributed by atoms with E-state index in [2.05, 4.69) is 4.99 Å². The average Bonchev–Trinajstić information content (AvgIpc) is 2.93. The first-order valence-electron chi connectivity index (χ1n) is 7.02. The molecular weight excluding hydrogens is 302 g/mol. The third-order valence-corrected chi connectivity index (χ3v) is 4.09. The molecule has 0 saturated heterocycles. The van der Waals surface area contributed by atoms with Crippen LogP contribution in [0.1, 0.15) is 25.3 Å². The zero-order chi connectivity index (χ0) is 16.7. The highest BCUT2D eigenvalue weighted by Gasteiger charge is 2.43. The topological polar surface area (TPSA) is 105 Å². The zero-order valence-corrected chi connectivity index (χ0v) is 12.6. The molecule has 2 atom stereocenters. The first kappa shape index (κ1) is 15.1. The molecule has 2 heterocycles.